The van der Waals surface area contributed by atoms with Crippen LogP contribution in [0.5, 0.6) is 5.75 Å². The minimum Gasteiger partial charge on any atom is -0.487 e. The van der Waals surface area contributed by atoms with E-state index < -0.39 is 61.9 Å². The van der Waals surface area contributed by atoms with Gasteiger partial charge in [-0.25, -0.2) is 22.9 Å². The van der Waals surface area contributed by atoms with Gasteiger partial charge >= 0.3 is 6.09 Å². The first-order valence-corrected chi connectivity index (χ1v) is 23.7. The van der Waals surface area contributed by atoms with E-state index in [1.807, 2.05) is 51.1 Å². The highest BCUT2D eigenvalue weighted by molar-refractivity contribution is 7.90. The summed E-state index contributed by atoms with van der Waals surface area (Å²) in [4.78, 5) is 71.5. The topological polar surface area (TPSA) is 245 Å². The summed E-state index contributed by atoms with van der Waals surface area (Å²) in [6, 6.07) is 12.6. The zero-order chi connectivity index (χ0) is 48.4. The van der Waals surface area contributed by atoms with E-state index in [1.54, 1.807) is 39.6 Å². The van der Waals surface area contributed by atoms with E-state index >= 15 is 0 Å². The van der Waals surface area contributed by atoms with Gasteiger partial charge in [0.25, 0.3) is 21.6 Å². The quantitative estimate of drug-likeness (QED) is 0.0516. The Kier molecular flexibility index (Phi) is 14.5. The number of carbonyl (C=O) groups is 4. The number of aliphatic imine (C=N–C) groups is 1. The summed E-state index contributed by atoms with van der Waals surface area (Å²) < 4.78 is 41.9. The molecule has 0 aromatic heterocycles. The second kappa shape index (κ2) is 19.4. The number of hydrogen-bond donors (Lipinski definition) is 4. The average Bonchev–Trinajstić information content (AvgIpc) is 3.67. The van der Waals surface area contributed by atoms with Crippen molar-refractivity contribution in [3.8, 4) is 5.75 Å². The van der Waals surface area contributed by atoms with Crippen LogP contribution in [0.15, 0.2) is 64.5 Å². The van der Waals surface area contributed by atoms with Gasteiger partial charge in [0.2, 0.25) is 11.9 Å². The molecule has 0 aliphatic carbocycles. The van der Waals surface area contributed by atoms with E-state index in [0.717, 1.165) is 23.1 Å². The third kappa shape index (κ3) is 11.3. The van der Waals surface area contributed by atoms with Crippen molar-refractivity contribution in [3.63, 3.8) is 0 Å². The third-order valence-electron chi connectivity index (χ3n) is 12.4. The summed E-state index contributed by atoms with van der Waals surface area (Å²) >= 11 is 0. The lowest BCUT2D eigenvalue weighted by Crippen LogP contribution is -2.70. The number of carbonyl (C=O) groups excluding carboxylic acids is 4. The number of ketones is 1. The normalized spacial score (nSPS) is 20.1. The van der Waals surface area contributed by atoms with Crippen molar-refractivity contribution in [2.24, 2.45) is 10.7 Å². The molecular formula is C47H62N8O10S. The van der Waals surface area contributed by atoms with Gasteiger partial charge in [-0.15, -0.1) is 0 Å². The Bertz CT molecular complexity index is 2510. The maximum atomic E-state index is 14.7. The van der Waals surface area contributed by atoms with Crippen LogP contribution in [0, 0.1) is 30.9 Å². The van der Waals surface area contributed by atoms with Gasteiger partial charge in [0.15, 0.2) is 5.78 Å². The number of ether oxygens (including phenoxy) is 2. The van der Waals surface area contributed by atoms with Crippen LogP contribution >= 0.6 is 0 Å². The zero-order valence-electron chi connectivity index (χ0n) is 39.0. The SMILES string of the molecule is Cc1c(C)c(S(=O)(=O)NC(N)=NCCCC(NC(=O)C2CCN3CCC(Cc4ccccc4)(NC(=O)OC(C)(C)C)C(=O)N23)C(=O)Cc2ccc([N+](=O)[O-])cc2)c(C)c2c1OC(C)(C)CC2. The summed E-state index contributed by atoms with van der Waals surface area (Å²) in [6.45, 7) is 15.2. The van der Waals surface area contributed by atoms with Gasteiger partial charge in [-0.05, 0) is 127 Å². The molecule has 3 unspecified atom stereocenters. The number of hydrogen-bond acceptors (Lipinski definition) is 12. The standard InChI is InChI=1S/C47H62N8O10S/c1-29-30(2)40(31(3)35-20-22-46(7,8)64-39(29)35)66(62,63)52-43(48)49-24-12-15-36(38(56)27-32-16-18-34(19-17-32)55(60)61)50-41(57)37-21-25-53-26-23-47(42(58)54(37)53,28-33-13-10-9-11-14-33)51-44(59)65-45(4,5)6/h9-11,13-14,16-19,36-37H,12,15,20-28H2,1-8H3,(H,50,57)(H,51,59)(H3,48,49,52). The number of nitrogens with one attached hydrogen (secondary N) is 3. The molecule has 0 spiro atoms. The number of nitro groups is 1. The summed E-state index contributed by atoms with van der Waals surface area (Å²) in [5, 5.41) is 20.2. The molecule has 356 valence electrons. The maximum absolute atomic E-state index is 14.7. The average molecular weight is 931 g/mol. The molecule has 3 heterocycles. The predicted molar refractivity (Wildman–Crippen MR) is 247 cm³/mol. The Morgan fingerprint density at radius 1 is 1.00 bits per heavy atom. The van der Waals surface area contributed by atoms with Crippen LogP contribution in [0.3, 0.4) is 0 Å². The van der Waals surface area contributed by atoms with E-state index in [-0.39, 0.29) is 67.2 Å². The number of benzene rings is 3. The fourth-order valence-corrected chi connectivity index (χ4v) is 10.5. The molecular weight excluding hydrogens is 869 g/mol. The van der Waals surface area contributed by atoms with Crippen LogP contribution in [0.25, 0.3) is 0 Å². The number of alkyl carbamates (subject to hydrolysis) is 1. The molecule has 66 heavy (non-hydrogen) atoms. The Morgan fingerprint density at radius 3 is 2.33 bits per heavy atom. The second-order valence-electron chi connectivity index (χ2n) is 19.0. The lowest BCUT2D eigenvalue weighted by molar-refractivity contribution is -0.384. The number of non-ortho nitro benzene ring substituents is 1. The van der Waals surface area contributed by atoms with E-state index in [9.17, 15) is 37.7 Å². The monoisotopic (exact) mass is 930 g/mol. The van der Waals surface area contributed by atoms with E-state index in [1.165, 1.54) is 29.3 Å². The van der Waals surface area contributed by atoms with Crippen LogP contribution in [0.4, 0.5) is 10.5 Å². The molecule has 3 atom stereocenters. The first-order chi connectivity index (χ1) is 30.9. The van der Waals surface area contributed by atoms with Gasteiger partial charge < -0.3 is 25.8 Å². The number of fused-ring (bicyclic) bond motifs is 2. The van der Waals surface area contributed by atoms with Crippen LogP contribution < -0.4 is 25.8 Å². The number of amides is 3. The molecule has 3 amide bonds. The fourth-order valence-electron chi connectivity index (χ4n) is 8.95. The lowest BCUT2D eigenvalue weighted by atomic mass is 9.84. The summed E-state index contributed by atoms with van der Waals surface area (Å²) in [5.41, 5.74) is 7.29. The number of guanidine groups is 1. The zero-order valence-corrected chi connectivity index (χ0v) is 39.8. The molecule has 0 radical (unpaired) electrons. The highest BCUT2D eigenvalue weighted by Crippen LogP contribution is 2.42. The molecule has 5 N–H and O–H groups in total. The number of sulfonamides is 1. The minimum atomic E-state index is -4.18. The summed E-state index contributed by atoms with van der Waals surface area (Å²) in [6.07, 6.45) is 1.31. The molecule has 3 aromatic carbocycles. The van der Waals surface area contributed by atoms with E-state index in [0.29, 0.717) is 42.0 Å². The van der Waals surface area contributed by atoms with Gasteiger partial charge in [0, 0.05) is 44.6 Å². The molecule has 18 nitrogen and oxygen atoms in total. The van der Waals surface area contributed by atoms with Crippen molar-refractivity contribution in [2.45, 2.75) is 140 Å². The van der Waals surface area contributed by atoms with Crippen molar-refractivity contribution in [3.05, 3.63) is 98.1 Å². The molecule has 3 aliphatic heterocycles. The van der Waals surface area contributed by atoms with Crippen molar-refractivity contribution in [2.75, 3.05) is 19.6 Å². The smallest absolute Gasteiger partial charge is 0.408 e. The molecule has 2 saturated heterocycles. The number of nitro benzene ring substituents is 1. The predicted octanol–water partition coefficient (Wildman–Crippen LogP) is 5.02. The number of Topliss-reactive ketones (excluding diaryl/α,β-unsaturated/α-hetero) is 1. The van der Waals surface area contributed by atoms with Crippen LogP contribution in [0.2, 0.25) is 0 Å². The lowest BCUT2D eigenvalue weighted by Gasteiger charge is -2.46. The van der Waals surface area contributed by atoms with Gasteiger partial charge in [-0.3, -0.25) is 34.5 Å². The van der Waals surface area contributed by atoms with Crippen molar-refractivity contribution < 1.29 is 42.0 Å². The second-order valence-corrected chi connectivity index (χ2v) is 20.7. The Morgan fingerprint density at radius 2 is 1.68 bits per heavy atom. The fraction of sp³-hybridized carbons (Fsp3) is 0.511. The molecule has 3 aromatic rings. The van der Waals surface area contributed by atoms with Crippen molar-refractivity contribution in [1.29, 1.82) is 0 Å². The number of rotatable bonds is 15. The first-order valence-electron chi connectivity index (χ1n) is 22.2. The highest BCUT2D eigenvalue weighted by atomic mass is 32.2. The maximum Gasteiger partial charge on any atom is 0.408 e. The van der Waals surface area contributed by atoms with Crippen molar-refractivity contribution in [1.82, 2.24) is 25.4 Å². The van der Waals surface area contributed by atoms with Crippen LogP contribution in [-0.2, 0) is 48.4 Å². The highest BCUT2D eigenvalue weighted by Gasteiger charge is 2.54. The third-order valence-corrected chi connectivity index (χ3v) is 14.0. The van der Waals surface area contributed by atoms with Crippen LogP contribution in [0.1, 0.15) is 100 Å². The first kappa shape index (κ1) is 49.4. The summed E-state index contributed by atoms with van der Waals surface area (Å²) in [5.74, 6) is -1.13. The molecule has 0 bridgehead atoms. The van der Waals surface area contributed by atoms with Crippen molar-refractivity contribution >= 4 is 45.4 Å². The molecule has 0 saturated carbocycles. The van der Waals surface area contributed by atoms with E-state index in [4.69, 9.17) is 15.2 Å². The number of nitrogens with two attached hydrogens (primary N) is 1. The Hall–Kier alpha value is -6.08. The summed E-state index contributed by atoms with van der Waals surface area (Å²) in [7, 11) is -4.18. The Balaban J connectivity index is 1.19. The van der Waals surface area contributed by atoms with Crippen LogP contribution in [-0.4, -0.2) is 101 Å². The van der Waals surface area contributed by atoms with Gasteiger partial charge in [0.05, 0.1) is 15.9 Å². The Labute approximate surface area is 386 Å². The molecule has 6 rings (SSSR count). The van der Waals surface area contributed by atoms with E-state index in [2.05, 4.69) is 20.3 Å². The minimum absolute atomic E-state index is 0.0181. The molecule has 3 aliphatic rings. The van der Waals surface area contributed by atoms with Gasteiger partial charge in [0.1, 0.15) is 28.5 Å². The number of nitrogens with zero attached hydrogens (tertiary/aromatic N) is 4. The van der Waals surface area contributed by atoms with Gasteiger partial charge in [-0.1, -0.05) is 42.5 Å². The molecule has 19 heteroatoms. The number of hydrazine groups is 1. The molecule has 2 fully saturated rings. The van der Waals surface area contributed by atoms with Gasteiger partial charge in [-0.2, -0.15) is 0 Å². The largest absolute Gasteiger partial charge is 0.487 e.